The van der Waals surface area contributed by atoms with E-state index >= 15 is 0 Å². The van der Waals surface area contributed by atoms with Crippen molar-refractivity contribution in [3.05, 3.63) is 46.3 Å². The number of nitrogens with one attached hydrogen (secondary N) is 2. The maximum Gasteiger partial charge on any atom is 0.251 e. The summed E-state index contributed by atoms with van der Waals surface area (Å²) in [4.78, 5) is 34.9. The van der Waals surface area contributed by atoms with Crippen molar-refractivity contribution < 1.29 is 14.1 Å². The predicted octanol–water partition coefficient (Wildman–Crippen LogP) is 3.06. The van der Waals surface area contributed by atoms with Gasteiger partial charge in [-0.2, -0.15) is 4.98 Å². The zero-order valence-electron chi connectivity index (χ0n) is 18.9. The molecule has 1 atom stereocenters. The van der Waals surface area contributed by atoms with Crippen LogP contribution in [0.1, 0.15) is 54.5 Å². The number of hydrogen-bond donors (Lipinski definition) is 3. The van der Waals surface area contributed by atoms with E-state index in [1.165, 1.54) is 11.3 Å². The van der Waals surface area contributed by atoms with E-state index in [4.69, 9.17) is 10.3 Å². The zero-order chi connectivity index (χ0) is 23.5. The summed E-state index contributed by atoms with van der Waals surface area (Å²) in [6, 6.07) is 5.90. The first kappa shape index (κ1) is 23.6. The van der Waals surface area contributed by atoms with Crippen molar-refractivity contribution in [2.45, 2.75) is 52.5 Å². The molecule has 0 saturated heterocycles. The lowest BCUT2D eigenvalue weighted by Gasteiger charge is -2.17. The summed E-state index contributed by atoms with van der Waals surface area (Å²) in [5.41, 5.74) is 7.96. The number of hydrogen-bond acceptors (Lipinski definition) is 8. The minimum atomic E-state index is -0.922. The van der Waals surface area contributed by atoms with Gasteiger partial charge in [-0.05, 0) is 24.0 Å². The van der Waals surface area contributed by atoms with Gasteiger partial charge < -0.3 is 20.9 Å². The molecule has 0 fully saturated rings. The Hall–Kier alpha value is -3.11. The Morgan fingerprint density at radius 2 is 2.00 bits per heavy atom. The fourth-order valence-corrected chi connectivity index (χ4v) is 4.16. The van der Waals surface area contributed by atoms with Gasteiger partial charge >= 0.3 is 0 Å². The van der Waals surface area contributed by atoms with Crippen LogP contribution in [0.25, 0.3) is 11.4 Å². The molecule has 0 spiro atoms. The zero-order valence-corrected chi connectivity index (χ0v) is 19.7. The summed E-state index contributed by atoms with van der Waals surface area (Å²) in [7, 11) is 0. The van der Waals surface area contributed by atoms with Gasteiger partial charge in [0, 0.05) is 29.5 Å². The second kappa shape index (κ2) is 9.58. The lowest BCUT2D eigenvalue weighted by Crippen LogP contribution is -2.45. The van der Waals surface area contributed by atoms with Gasteiger partial charge in [0.05, 0.1) is 5.69 Å². The number of carbonyl (C=O) groups excluding carboxylic acids is 2. The lowest BCUT2D eigenvalue weighted by molar-refractivity contribution is -0.117. The number of nitrogens with two attached hydrogens (primary N) is 1. The van der Waals surface area contributed by atoms with E-state index in [1.807, 2.05) is 6.92 Å². The Labute approximate surface area is 190 Å². The van der Waals surface area contributed by atoms with E-state index in [1.54, 1.807) is 31.2 Å². The van der Waals surface area contributed by atoms with Crippen molar-refractivity contribution in [3.8, 4) is 11.4 Å². The maximum atomic E-state index is 12.5. The Balaban J connectivity index is 1.60. The van der Waals surface area contributed by atoms with Crippen molar-refractivity contribution in [1.82, 2.24) is 20.4 Å². The molecule has 0 aliphatic rings. The summed E-state index contributed by atoms with van der Waals surface area (Å²) >= 11 is 1.45. The van der Waals surface area contributed by atoms with E-state index in [0.29, 0.717) is 28.0 Å². The van der Waals surface area contributed by atoms with Crippen LogP contribution in [0.2, 0.25) is 0 Å². The van der Waals surface area contributed by atoms with Gasteiger partial charge in [-0.15, -0.1) is 11.3 Å². The Kier molecular flexibility index (Phi) is 7.05. The Bertz CT molecular complexity index is 1120. The first-order valence-corrected chi connectivity index (χ1v) is 11.2. The lowest BCUT2D eigenvalue weighted by atomic mass is 9.93. The molecule has 4 N–H and O–H groups in total. The van der Waals surface area contributed by atoms with Gasteiger partial charge in [-0.25, -0.2) is 4.98 Å². The third-order valence-electron chi connectivity index (χ3n) is 4.67. The number of anilines is 1. The quantitative estimate of drug-likeness (QED) is 0.497. The molecule has 9 nitrogen and oxygen atoms in total. The molecule has 0 radical (unpaired) electrons. The number of aromatic nitrogens is 3. The van der Waals surface area contributed by atoms with Gasteiger partial charge in [0.1, 0.15) is 6.04 Å². The van der Waals surface area contributed by atoms with Crippen molar-refractivity contribution >= 4 is 28.3 Å². The van der Waals surface area contributed by atoms with Crippen LogP contribution >= 0.6 is 11.3 Å². The van der Waals surface area contributed by atoms with E-state index in [2.05, 4.69) is 46.5 Å². The number of benzene rings is 1. The summed E-state index contributed by atoms with van der Waals surface area (Å²) in [6.07, 6.45) is 0.781. The molecule has 1 aromatic carbocycles. The predicted molar refractivity (Wildman–Crippen MR) is 124 cm³/mol. The van der Waals surface area contributed by atoms with Crippen molar-refractivity contribution in [2.24, 2.45) is 5.73 Å². The number of carbonyl (C=O) groups is 2. The van der Waals surface area contributed by atoms with Crippen LogP contribution in [0.3, 0.4) is 0 Å². The van der Waals surface area contributed by atoms with E-state index in [0.717, 1.165) is 17.0 Å². The first-order valence-electron chi connectivity index (χ1n) is 10.3. The summed E-state index contributed by atoms with van der Waals surface area (Å²) < 4.78 is 4.98. The van der Waals surface area contributed by atoms with Crippen molar-refractivity contribution in [2.75, 3.05) is 11.9 Å². The fraction of sp³-hybridized carbons (Fsp3) is 0.409. The monoisotopic (exact) mass is 456 g/mol. The molecule has 0 bridgehead atoms. The van der Waals surface area contributed by atoms with Crippen LogP contribution in [0, 0.1) is 6.92 Å². The van der Waals surface area contributed by atoms with Gasteiger partial charge in [0.15, 0.2) is 5.13 Å². The summed E-state index contributed by atoms with van der Waals surface area (Å²) in [5.74, 6) is 0.0801. The summed E-state index contributed by atoms with van der Waals surface area (Å²) in [5, 5.41) is 9.84. The molecule has 2 aromatic heterocycles. The van der Waals surface area contributed by atoms with Crippen molar-refractivity contribution in [3.63, 3.8) is 0 Å². The molecular formula is C22H28N6O3S. The molecule has 3 rings (SSSR count). The topological polar surface area (TPSA) is 136 Å². The number of thiazole rings is 1. The van der Waals surface area contributed by atoms with E-state index < -0.39 is 11.9 Å². The van der Waals surface area contributed by atoms with Crippen molar-refractivity contribution in [1.29, 1.82) is 0 Å². The number of amides is 2. The Morgan fingerprint density at radius 3 is 2.59 bits per heavy atom. The van der Waals surface area contributed by atoms with Crippen LogP contribution in [-0.4, -0.2) is 39.5 Å². The van der Waals surface area contributed by atoms with E-state index in [-0.39, 0.29) is 17.9 Å². The van der Waals surface area contributed by atoms with Crippen LogP contribution in [0.4, 0.5) is 5.13 Å². The maximum absolute atomic E-state index is 12.5. The van der Waals surface area contributed by atoms with Gasteiger partial charge in [-0.1, -0.05) is 45.0 Å². The highest BCUT2D eigenvalue weighted by atomic mass is 32.1. The molecule has 1 unspecified atom stereocenters. The van der Waals surface area contributed by atoms with Gasteiger partial charge in [-0.3, -0.25) is 9.59 Å². The number of nitrogens with zero attached hydrogens (tertiary/aromatic N) is 3. The van der Waals surface area contributed by atoms with Gasteiger partial charge in [0.25, 0.3) is 5.91 Å². The Morgan fingerprint density at radius 1 is 1.25 bits per heavy atom. The van der Waals surface area contributed by atoms with Crippen LogP contribution < -0.4 is 16.4 Å². The third-order valence-corrected chi connectivity index (χ3v) is 6.11. The smallest absolute Gasteiger partial charge is 0.251 e. The number of aryl methyl sites for hydroxylation is 2. The molecule has 32 heavy (non-hydrogen) atoms. The molecule has 10 heteroatoms. The minimum absolute atomic E-state index is 0.0195. The minimum Gasteiger partial charge on any atom is -0.350 e. The normalized spacial score (nSPS) is 12.4. The number of rotatable bonds is 7. The average molecular weight is 457 g/mol. The van der Waals surface area contributed by atoms with Gasteiger partial charge in [0.2, 0.25) is 17.6 Å². The highest BCUT2D eigenvalue weighted by molar-refractivity contribution is 7.16. The van der Waals surface area contributed by atoms with E-state index in [9.17, 15) is 9.59 Å². The molecule has 3 aromatic rings. The second-order valence-corrected chi connectivity index (χ2v) is 9.42. The molecular weight excluding hydrogens is 428 g/mol. The van der Waals surface area contributed by atoms with Crippen LogP contribution in [0.5, 0.6) is 0 Å². The highest BCUT2D eigenvalue weighted by Crippen LogP contribution is 2.34. The van der Waals surface area contributed by atoms with Crippen LogP contribution in [-0.2, 0) is 16.6 Å². The molecule has 170 valence electrons. The third kappa shape index (κ3) is 5.57. The average Bonchev–Trinajstić information content (AvgIpc) is 3.37. The SMILES string of the molecule is CCc1nc(NC(=O)C(N)CNC(=O)c2cccc(-c3noc(C)n3)c2)sc1C(C)(C)C. The standard InChI is InChI=1S/C22H28N6O3S/c1-6-16-17(22(3,4)5)32-21(26-16)27-20(30)15(23)11-24-19(29)14-9-7-8-13(10-14)18-25-12(2)31-28-18/h7-10,15H,6,11,23H2,1-5H3,(H,24,29)(H,26,27,30). The fourth-order valence-electron chi connectivity index (χ4n) is 3.04. The summed E-state index contributed by atoms with van der Waals surface area (Å²) in [6.45, 7) is 10.0. The molecule has 0 saturated carbocycles. The largest absolute Gasteiger partial charge is 0.350 e. The first-order chi connectivity index (χ1) is 15.1. The highest BCUT2D eigenvalue weighted by Gasteiger charge is 2.24. The second-order valence-electron chi connectivity index (χ2n) is 8.42. The molecule has 0 aliphatic heterocycles. The molecule has 2 amide bonds. The molecule has 2 heterocycles. The van der Waals surface area contributed by atoms with Crippen LogP contribution in [0.15, 0.2) is 28.8 Å². The molecule has 0 aliphatic carbocycles.